The van der Waals surface area contributed by atoms with Crippen LogP contribution >= 0.6 is 23.1 Å². The lowest BCUT2D eigenvalue weighted by Crippen LogP contribution is -2.26. The molecule has 1 aliphatic heterocycles. The summed E-state index contributed by atoms with van der Waals surface area (Å²) in [6.07, 6.45) is 0. The highest BCUT2D eigenvalue weighted by molar-refractivity contribution is 8.00. The Morgan fingerprint density at radius 1 is 1.19 bits per heavy atom. The van der Waals surface area contributed by atoms with E-state index in [0.717, 1.165) is 32.3 Å². The van der Waals surface area contributed by atoms with Gasteiger partial charge < -0.3 is 18.8 Å². The number of amides is 1. The molecule has 0 saturated heterocycles. The van der Waals surface area contributed by atoms with E-state index in [1.54, 1.807) is 35.0 Å². The first-order chi connectivity index (χ1) is 15.1. The van der Waals surface area contributed by atoms with Crippen molar-refractivity contribution in [1.82, 2.24) is 9.88 Å². The maximum absolute atomic E-state index is 13.3. The Morgan fingerprint density at radius 2 is 2.03 bits per heavy atom. The number of furan rings is 1. The molecule has 0 spiro atoms. The topological polar surface area (TPSA) is 64.8 Å². The van der Waals surface area contributed by atoms with Crippen molar-refractivity contribution in [2.24, 2.45) is 0 Å². The number of rotatable bonds is 6. The van der Waals surface area contributed by atoms with Crippen molar-refractivity contribution in [3.8, 4) is 11.5 Å². The number of benzene rings is 2. The van der Waals surface area contributed by atoms with Crippen LogP contribution in [0.15, 0.2) is 56.6 Å². The summed E-state index contributed by atoms with van der Waals surface area (Å²) in [5.41, 5.74) is 3.58. The molecule has 1 aliphatic rings. The molecule has 8 heteroatoms. The van der Waals surface area contributed by atoms with Gasteiger partial charge in [0.1, 0.15) is 9.92 Å². The lowest BCUT2D eigenvalue weighted by atomic mass is 10.1. The monoisotopic (exact) mass is 452 g/mol. The Hall–Kier alpha value is -2.97. The summed E-state index contributed by atoms with van der Waals surface area (Å²) >= 11 is 3.23. The third-order valence-electron chi connectivity index (χ3n) is 5.03. The van der Waals surface area contributed by atoms with Crippen molar-refractivity contribution < 1.29 is 18.7 Å². The van der Waals surface area contributed by atoms with E-state index in [4.69, 9.17) is 13.9 Å². The smallest absolute Gasteiger partial charge is 0.289 e. The Labute approximate surface area is 187 Å². The highest BCUT2D eigenvalue weighted by atomic mass is 32.2. The van der Waals surface area contributed by atoms with Gasteiger partial charge in [0, 0.05) is 41.4 Å². The number of hydrogen-bond donors (Lipinski definition) is 0. The van der Waals surface area contributed by atoms with Gasteiger partial charge in [-0.15, -0.1) is 11.3 Å². The number of carbonyl (C=O) groups is 1. The molecule has 2 aromatic heterocycles. The molecule has 0 saturated carbocycles. The fraction of sp³-hybridized carbons (Fsp3) is 0.217. The molecule has 158 valence electrons. The van der Waals surface area contributed by atoms with Crippen LogP contribution in [0.3, 0.4) is 0 Å². The molecule has 0 fully saturated rings. The van der Waals surface area contributed by atoms with E-state index in [2.05, 4.69) is 4.98 Å². The van der Waals surface area contributed by atoms with E-state index in [9.17, 15) is 4.79 Å². The number of para-hydroxylation sites is 1. The minimum atomic E-state index is -0.153. The second-order valence-electron chi connectivity index (χ2n) is 7.30. The molecule has 1 amide bonds. The number of hydrogen-bond acceptors (Lipinski definition) is 7. The average molecular weight is 453 g/mol. The Morgan fingerprint density at radius 3 is 2.87 bits per heavy atom. The minimum absolute atomic E-state index is 0.153. The van der Waals surface area contributed by atoms with Crippen LogP contribution in [0.25, 0.3) is 11.0 Å². The molecule has 0 aliphatic carbocycles. The summed E-state index contributed by atoms with van der Waals surface area (Å²) in [5, 5.41) is 2.99. The van der Waals surface area contributed by atoms with E-state index in [1.807, 2.05) is 54.8 Å². The van der Waals surface area contributed by atoms with E-state index in [1.165, 1.54) is 0 Å². The van der Waals surface area contributed by atoms with Crippen molar-refractivity contribution in [1.29, 1.82) is 0 Å². The zero-order valence-corrected chi connectivity index (χ0v) is 18.7. The molecule has 6 nitrogen and oxygen atoms in total. The average Bonchev–Trinajstić information content (AvgIpc) is 3.49. The molecule has 5 rings (SSSR count). The van der Waals surface area contributed by atoms with Crippen LogP contribution in [0, 0.1) is 6.92 Å². The van der Waals surface area contributed by atoms with Gasteiger partial charge in [0.2, 0.25) is 6.79 Å². The molecule has 2 aromatic carbocycles. The van der Waals surface area contributed by atoms with Crippen LogP contribution < -0.4 is 9.47 Å². The van der Waals surface area contributed by atoms with E-state index < -0.39 is 0 Å². The molecular formula is C23H20N2O4S2. The summed E-state index contributed by atoms with van der Waals surface area (Å²) < 4.78 is 17.8. The van der Waals surface area contributed by atoms with Crippen LogP contribution in [0.2, 0.25) is 0 Å². The molecule has 0 N–H and O–H groups in total. The van der Waals surface area contributed by atoms with Crippen molar-refractivity contribution in [2.45, 2.75) is 23.6 Å². The van der Waals surface area contributed by atoms with Gasteiger partial charge in [-0.3, -0.25) is 4.79 Å². The molecule has 3 heterocycles. The summed E-state index contributed by atoms with van der Waals surface area (Å²) in [4.78, 5) is 19.5. The fourth-order valence-electron chi connectivity index (χ4n) is 3.51. The molecule has 0 bridgehead atoms. The number of carbonyl (C=O) groups excluding carboxylic acids is 1. The first kappa shape index (κ1) is 20.0. The van der Waals surface area contributed by atoms with Crippen LogP contribution in [0.4, 0.5) is 0 Å². The first-order valence-electron chi connectivity index (χ1n) is 9.78. The molecule has 0 radical (unpaired) electrons. The van der Waals surface area contributed by atoms with Gasteiger partial charge in [-0.25, -0.2) is 4.98 Å². The second-order valence-corrected chi connectivity index (χ2v) is 9.38. The minimum Gasteiger partial charge on any atom is -0.454 e. The summed E-state index contributed by atoms with van der Waals surface area (Å²) in [7, 11) is 1.78. The van der Waals surface area contributed by atoms with Gasteiger partial charge in [0.05, 0.1) is 0 Å². The van der Waals surface area contributed by atoms with Gasteiger partial charge in [-0.1, -0.05) is 36.0 Å². The molecule has 4 aromatic rings. The number of aryl methyl sites for hydroxylation is 1. The number of thioether (sulfide) groups is 1. The summed E-state index contributed by atoms with van der Waals surface area (Å²) in [5.74, 6) is 2.28. The van der Waals surface area contributed by atoms with Crippen molar-refractivity contribution >= 4 is 40.0 Å². The fourth-order valence-corrected chi connectivity index (χ4v) is 5.38. The summed E-state index contributed by atoms with van der Waals surface area (Å²) in [6, 6.07) is 13.5. The zero-order chi connectivity index (χ0) is 21.4. The third-order valence-corrected chi connectivity index (χ3v) is 7.20. The molecule has 0 atom stereocenters. The highest BCUT2D eigenvalue weighted by Crippen LogP contribution is 2.35. The third kappa shape index (κ3) is 4.00. The van der Waals surface area contributed by atoms with Crippen LogP contribution in [0.5, 0.6) is 11.5 Å². The van der Waals surface area contributed by atoms with Gasteiger partial charge >= 0.3 is 0 Å². The first-order valence-corrected chi connectivity index (χ1v) is 11.6. The van der Waals surface area contributed by atoms with Crippen molar-refractivity contribution in [3.63, 3.8) is 0 Å². The van der Waals surface area contributed by atoms with Gasteiger partial charge in [-0.05, 0) is 30.7 Å². The number of fused-ring (bicyclic) bond motifs is 2. The predicted octanol–water partition coefficient (Wildman–Crippen LogP) is 5.49. The number of aromatic nitrogens is 1. The maximum Gasteiger partial charge on any atom is 0.289 e. The Bertz CT molecular complexity index is 1260. The molecular weight excluding hydrogens is 432 g/mol. The number of thiazole rings is 1. The van der Waals surface area contributed by atoms with Crippen LogP contribution in [-0.4, -0.2) is 29.6 Å². The highest BCUT2D eigenvalue weighted by Gasteiger charge is 2.24. The normalized spacial score (nSPS) is 12.5. The Balaban J connectivity index is 1.40. The van der Waals surface area contributed by atoms with E-state index >= 15 is 0 Å². The largest absolute Gasteiger partial charge is 0.454 e. The quantitative estimate of drug-likeness (QED) is 0.361. The zero-order valence-electron chi connectivity index (χ0n) is 17.1. The molecule has 0 unspecified atom stereocenters. The Kier molecular flexibility index (Phi) is 5.33. The lowest BCUT2D eigenvalue weighted by molar-refractivity contribution is 0.0754. The second kappa shape index (κ2) is 8.28. The van der Waals surface area contributed by atoms with Crippen molar-refractivity contribution in [3.05, 3.63) is 70.4 Å². The van der Waals surface area contributed by atoms with Crippen molar-refractivity contribution in [2.75, 3.05) is 13.8 Å². The van der Waals surface area contributed by atoms with Crippen LogP contribution in [-0.2, 0) is 12.3 Å². The SMILES string of the molecule is Cc1csc(SCc2c(C(=O)N(C)Cc3ccc4c(c3)OCO4)oc3ccccc23)n1. The summed E-state index contributed by atoms with van der Waals surface area (Å²) in [6.45, 7) is 2.64. The van der Waals surface area contributed by atoms with Crippen LogP contribution in [0.1, 0.15) is 27.4 Å². The van der Waals surface area contributed by atoms with E-state index in [0.29, 0.717) is 29.4 Å². The van der Waals surface area contributed by atoms with Gasteiger partial charge in [-0.2, -0.15) is 0 Å². The maximum atomic E-state index is 13.3. The standard InChI is InChI=1S/C23H20N2O4S2/c1-14-11-30-23(24-14)31-12-17-16-5-3-4-6-18(16)29-21(17)22(26)25(2)10-15-7-8-19-20(9-15)28-13-27-19/h3-9,11H,10,12-13H2,1-2H3. The van der Waals surface area contributed by atoms with Gasteiger partial charge in [0.25, 0.3) is 5.91 Å². The number of nitrogens with zero attached hydrogens (tertiary/aromatic N) is 2. The van der Waals surface area contributed by atoms with Gasteiger partial charge in [0.15, 0.2) is 17.3 Å². The predicted molar refractivity (Wildman–Crippen MR) is 121 cm³/mol. The molecule has 31 heavy (non-hydrogen) atoms. The lowest BCUT2D eigenvalue weighted by Gasteiger charge is -2.17. The number of ether oxygens (including phenoxy) is 2. The van der Waals surface area contributed by atoms with E-state index in [-0.39, 0.29) is 12.7 Å².